The zero-order chi connectivity index (χ0) is 8.84. The van der Waals surface area contributed by atoms with E-state index in [1.54, 1.807) is 0 Å². The molecule has 1 aromatic carbocycles. The molecule has 1 saturated carbocycles. The number of aryl methyl sites for hydroxylation is 1. The summed E-state index contributed by atoms with van der Waals surface area (Å²) in [5.41, 5.74) is 3.75. The maximum Gasteiger partial charge on any atom is 0.0923 e. The topological polar surface area (TPSA) is 28.7 Å². The van der Waals surface area contributed by atoms with Crippen molar-refractivity contribution in [2.24, 2.45) is 0 Å². The molecule has 13 heavy (non-hydrogen) atoms. The number of nitrogens with one attached hydrogen (secondary N) is 1. The van der Waals surface area contributed by atoms with E-state index in [9.17, 15) is 0 Å². The van der Waals surface area contributed by atoms with Gasteiger partial charge >= 0.3 is 0 Å². The summed E-state index contributed by atoms with van der Waals surface area (Å²) in [4.78, 5) is 0. The molecule has 1 aromatic heterocycles. The van der Waals surface area contributed by atoms with Crippen LogP contribution in [-0.4, -0.2) is 10.2 Å². The number of benzene rings is 1. The molecule has 3 rings (SSSR count). The Kier molecular flexibility index (Phi) is 1.29. The third-order valence-corrected chi connectivity index (χ3v) is 2.82. The van der Waals surface area contributed by atoms with E-state index < -0.39 is 0 Å². The van der Waals surface area contributed by atoms with Crippen LogP contribution in [0.15, 0.2) is 18.2 Å². The van der Waals surface area contributed by atoms with Gasteiger partial charge in [-0.3, -0.25) is 5.10 Å². The summed E-state index contributed by atoms with van der Waals surface area (Å²) in [5.74, 6) is 0.832. The van der Waals surface area contributed by atoms with Crippen LogP contribution in [0, 0.1) is 6.92 Å². The van der Waals surface area contributed by atoms with Crippen LogP contribution in [0.5, 0.6) is 0 Å². The number of fused-ring (bicyclic) bond motifs is 1. The molecule has 0 spiro atoms. The standard InChI is InChI=1S/C11H12N2/c1-7-10-6-9(8-2-3-8)4-5-11(10)13-12-7/h4-6,8H,2-3H2,1H3,(H,12,13). The lowest BCUT2D eigenvalue weighted by Gasteiger charge is -1.97. The molecular weight excluding hydrogens is 160 g/mol. The summed E-state index contributed by atoms with van der Waals surface area (Å²) in [6.07, 6.45) is 2.73. The van der Waals surface area contributed by atoms with Gasteiger partial charge in [0.25, 0.3) is 0 Å². The predicted molar refractivity (Wildman–Crippen MR) is 52.8 cm³/mol. The number of hydrogen-bond acceptors (Lipinski definition) is 1. The Labute approximate surface area is 77.0 Å². The van der Waals surface area contributed by atoms with E-state index in [0.717, 1.165) is 11.4 Å². The van der Waals surface area contributed by atoms with Gasteiger partial charge in [-0.2, -0.15) is 5.10 Å². The van der Waals surface area contributed by atoms with Gasteiger partial charge in [-0.25, -0.2) is 0 Å². The Morgan fingerprint density at radius 3 is 3.00 bits per heavy atom. The van der Waals surface area contributed by atoms with Crippen molar-refractivity contribution in [2.75, 3.05) is 0 Å². The smallest absolute Gasteiger partial charge is 0.0923 e. The maximum absolute atomic E-state index is 4.21. The summed E-state index contributed by atoms with van der Waals surface area (Å²) in [5, 5.41) is 8.51. The number of aromatic nitrogens is 2. The molecule has 2 heteroatoms. The third-order valence-electron chi connectivity index (χ3n) is 2.82. The lowest BCUT2D eigenvalue weighted by molar-refractivity contribution is 1.07. The molecular formula is C11H12N2. The Bertz CT molecular complexity index is 452. The van der Waals surface area contributed by atoms with Gasteiger partial charge in [-0.15, -0.1) is 0 Å². The van der Waals surface area contributed by atoms with Gasteiger partial charge < -0.3 is 0 Å². The SMILES string of the molecule is Cc1[nH]nc2ccc(C3CC3)cc12. The normalized spacial score (nSPS) is 16.7. The molecule has 1 aliphatic rings. The highest BCUT2D eigenvalue weighted by Gasteiger charge is 2.23. The first-order valence-corrected chi connectivity index (χ1v) is 4.79. The molecule has 0 bridgehead atoms. The van der Waals surface area contributed by atoms with Crippen molar-refractivity contribution < 1.29 is 0 Å². The molecule has 1 aliphatic carbocycles. The second-order valence-corrected chi connectivity index (χ2v) is 3.90. The second kappa shape index (κ2) is 2.34. The Morgan fingerprint density at radius 2 is 2.23 bits per heavy atom. The predicted octanol–water partition coefficient (Wildman–Crippen LogP) is 2.75. The van der Waals surface area contributed by atoms with Crippen molar-refractivity contribution in [2.45, 2.75) is 25.7 Å². The molecule has 1 N–H and O–H groups in total. The van der Waals surface area contributed by atoms with Crippen LogP contribution >= 0.6 is 0 Å². The quantitative estimate of drug-likeness (QED) is 0.704. The van der Waals surface area contributed by atoms with Crippen molar-refractivity contribution >= 4 is 10.9 Å². The summed E-state index contributed by atoms with van der Waals surface area (Å²) in [7, 11) is 0. The van der Waals surface area contributed by atoms with Crippen molar-refractivity contribution in [3.8, 4) is 0 Å². The lowest BCUT2D eigenvalue weighted by Crippen LogP contribution is -1.78. The monoisotopic (exact) mass is 172 g/mol. The van der Waals surface area contributed by atoms with Crippen LogP contribution in [0.4, 0.5) is 0 Å². The molecule has 0 unspecified atom stereocenters. The van der Waals surface area contributed by atoms with Crippen molar-refractivity contribution in [3.05, 3.63) is 29.5 Å². The number of nitrogens with zero attached hydrogens (tertiary/aromatic N) is 1. The molecule has 0 radical (unpaired) electrons. The zero-order valence-corrected chi connectivity index (χ0v) is 7.67. The van der Waals surface area contributed by atoms with E-state index in [4.69, 9.17) is 0 Å². The van der Waals surface area contributed by atoms with Crippen LogP contribution in [0.3, 0.4) is 0 Å². The lowest BCUT2D eigenvalue weighted by atomic mass is 10.1. The largest absolute Gasteiger partial charge is 0.282 e. The fraction of sp³-hybridized carbons (Fsp3) is 0.364. The average molecular weight is 172 g/mol. The molecule has 0 atom stereocenters. The number of H-pyrrole nitrogens is 1. The van der Waals surface area contributed by atoms with Crippen molar-refractivity contribution in [1.82, 2.24) is 10.2 Å². The van der Waals surface area contributed by atoms with Crippen molar-refractivity contribution in [3.63, 3.8) is 0 Å². The van der Waals surface area contributed by atoms with E-state index in [1.165, 1.54) is 29.5 Å². The average Bonchev–Trinajstić information content (AvgIpc) is 2.93. The summed E-state index contributed by atoms with van der Waals surface area (Å²) < 4.78 is 0. The third kappa shape index (κ3) is 1.05. The molecule has 0 aliphatic heterocycles. The first-order chi connectivity index (χ1) is 6.34. The molecule has 2 aromatic rings. The van der Waals surface area contributed by atoms with Gasteiger partial charge in [0, 0.05) is 11.1 Å². The molecule has 1 heterocycles. The zero-order valence-electron chi connectivity index (χ0n) is 7.67. The molecule has 0 saturated heterocycles. The fourth-order valence-electron chi connectivity index (χ4n) is 1.83. The van der Waals surface area contributed by atoms with Gasteiger partial charge in [0.1, 0.15) is 0 Å². The van der Waals surface area contributed by atoms with Crippen molar-refractivity contribution in [1.29, 1.82) is 0 Å². The van der Waals surface area contributed by atoms with Crippen LogP contribution in [0.25, 0.3) is 10.9 Å². The van der Waals surface area contributed by atoms with Gasteiger partial charge in [-0.05, 0) is 43.4 Å². The highest BCUT2D eigenvalue weighted by molar-refractivity contribution is 5.81. The summed E-state index contributed by atoms with van der Waals surface area (Å²) >= 11 is 0. The van der Waals surface area contributed by atoms with E-state index in [2.05, 4.69) is 35.3 Å². The van der Waals surface area contributed by atoms with Crippen LogP contribution in [0.2, 0.25) is 0 Å². The number of hydrogen-bond donors (Lipinski definition) is 1. The Balaban J connectivity index is 2.24. The highest BCUT2D eigenvalue weighted by Crippen LogP contribution is 2.40. The van der Waals surface area contributed by atoms with Crippen LogP contribution in [0.1, 0.15) is 30.0 Å². The van der Waals surface area contributed by atoms with E-state index >= 15 is 0 Å². The highest BCUT2D eigenvalue weighted by atomic mass is 15.1. The minimum Gasteiger partial charge on any atom is -0.282 e. The molecule has 0 amide bonds. The first-order valence-electron chi connectivity index (χ1n) is 4.79. The summed E-state index contributed by atoms with van der Waals surface area (Å²) in [6, 6.07) is 6.61. The molecule has 1 fully saturated rings. The van der Waals surface area contributed by atoms with Gasteiger partial charge in [0.05, 0.1) is 5.52 Å². The Hall–Kier alpha value is -1.31. The van der Waals surface area contributed by atoms with Gasteiger partial charge in [-0.1, -0.05) is 6.07 Å². The first kappa shape index (κ1) is 7.13. The molecule has 2 nitrogen and oxygen atoms in total. The fourth-order valence-corrected chi connectivity index (χ4v) is 1.83. The summed E-state index contributed by atoms with van der Waals surface area (Å²) in [6.45, 7) is 2.08. The van der Waals surface area contributed by atoms with E-state index in [-0.39, 0.29) is 0 Å². The van der Waals surface area contributed by atoms with Gasteiger partial charge in [0.15, 0.2) is 0 Å². The second-order valence-electron chi connectivity index (χ2n) is 3.90. The Morgan fingerprint density at radius 1 is 1.38 bits per heavy atom. The van der Waals surface area contributed by atoms with Gasteiger partial charge in [0.2, 0.25) is 0 Å². The number of rotatable bonds is 1. The van der Waals surface area contributed by atoms with Crippen LogP contribution in [-0.2, 0) is 0 Å². The number of aromatic amines is 1. The maximum atomic E-state index is 4.21. The molecule has 66 valence electrons. The minimum absolute atomic E-state index is 0.832. The minimum atomic E-state index is 0.832. The van der Waals surface area contributed by atoms with E-state index in [1.807, 2.05) is 0 Å². The van der Waals surface area contributed by atoms with Crippen LogP contribution < -0.4 is 0 Å². The van der Waals surface area contributed by atoms with E-state index in [0.29, 0.717) is 0 Å².